The summed E-state index contributed by atoms with van der Waals surface area (Å²) in [7, 11) is 0. The maximum Gasteiger partial charge on any atom is 0.101 e. The van der Waals surface area contributed by atoms with Crippen molar-refractivity contribution in [2.75, 3.05) is 11.9 Å². The molecule has 0 aromatic heterocycles. The van der Waals surface area contributed by atoms with Gasteiger partial charge < -0.3 is 10.1 Å². The van der Waals surface area contributed by atoms with Gasteiger partial charge in [-0.05, 0) is 43.4 Å². The highest BCUT2D eigenvalue weighted by Crippen LogP contribution is 2.40. The topological polar surface area (TPSA) is 45.0 Å². The summed E-state index contributed by atoms with van der Waals surface area (Å²) in [6.07, 6.45) is 3.83. The van der Waals surface area contributed by atoms with E-state index in [0.29, 0.717) is 28.6 Å². The minimum atomic E-state index is 0.301. The summed E-state index contributed by atoms with van der Waals surface area (Å²) in [6.45, 7) is 0.807. The number of anilines is 1. The van der Waals surface area contributed by atoms with Gasteiger partial charge >= 0.3 is 0 Å². The molecular formula is C14H15ClN2O. The fourth-order valence-electron chi connectivity index (χ4n) is 2.59. The summed E-state index contributed by atoms with van der Waals surface area (Å²) in [5.41, 5.74) is 1.46. The molecule has 1 saturated heterocycles. The highest BCUT2D eigenvalue weighted by atomic mass is 35.5. The molecule has 1 aromatic carbocycles. The molecule has 0 amide bonds. The van der Waals surface area contributed by atoms with Crippen molar-refractivity contribution in [3.63, 3.8) is 0 Å². The SMILES string of the molecule is N#Cc1ccc(Cl)cc1NC1CCOC1C1CC1. The fourth-order valence-corrected chi connectivity index (χ4v) is 2.76. The van der Waals surface area contributed by atoms with E-state index in [0.717, 1.165) is 18.7 Å². The Bertz CT molecular complexity index is 493. The molecule has 1 aliphatic heterocycles. The molecule has 18 heavy (non-hydrogen) atoms. The maximum atomic E-state index is 9.11. The van der Waals surface area contributed by atoms with Gasteiger partial charge in [0.25, 0.3) is 0 Å². The molecule has 0 radical (unpaired) electrons. The van der Waals surface area contributed by atoms with Gasteiger partial charge in [0.15, 0.2) is 0 Å². The lowest BCUT2D eigenvalue weighted by atomic mass is 10.0. The summed E-state index contributed by atoms with van der Waals surface area (Å²) in [4.78, 5) is 0. The second-order valence-corrected chi connectivity index (χ2v) is 5.45. The largest absolute Gasteiger partial charge is 0.378 e. The Labute approximate surface area is 112 Å². The van der Waals surface area contributed by atoms with Crippen LogP contribution in [0.5, 0.6) is 0 Å². The maximum absolute atomic E-state index is 9.11. The molecule has 4 heteroatoms. The minimum absolute atomic E-state index is 0.301. The van der Waals surface area contributed by atoms with Gasteiger partial charge in [-0.25, -0.2) is 0 Å². The van der Waals surface area contributed by atoms with Gasteiger partial charge in [0.05, 0.1) is 23.4 Å². The number of ether oxygens (including phenoxy) is 1. The third kappa shape index (κ3) is 2.31. The highest BCUT2D eigenvalue weighted by Gasteiger charge is 2.40. The number of rotatable bonds is 3. The predicted molar refractivity (Wildman–Crippen MR) is 70.7 cm³/mol. The van der Waals surface area contributed by atoms with Gasteiger partial charge in [0.2, 0.25) is 0 Å². The number of nitrogens with one attached hydrogen (secondary N) is 1. The Morgan fingerprint density at radius 3 is 2.89 bits per heavy atom. The molecule has 2 aliphatic rings. The first kappa shape index (κ1) is 11.8. The van der Waals surface area contributed by atoms with Crippen molar-refractivity contribution in [1.29, 1.82) is 5.26 Å². The lowest BCUT2D eigenvalue weighted by Crippen LogP contribution is -2.31. The quantitative estimate of drug-likeness (QED) is 0.910. The third-order valence-electron chi connectivity index (χ3n) is 3.67. The van der Waals surface area contributed by atoms with Crippen LogP contribution in [0.25, 0.3) is 0 Å². The number of nitrogens with zero attached hydrogens (tertiary/aromatic N) is 1. The Morgan fingerprint density at radius 1 is 1.33 bits per heavy atom. The zero-order chi connectivity index (χ0) is 12.5. The summed E-state index contributed by atoms with van der Waals surface area (Å²) >= 11 is 5.99. The number of hydrogen-bond donors (Lipinski definition) is 1. The van der Waals surface area contributed by atoms with Crippen molar-refractivity contribution < 1.29 is 4.74 Å². The van der Waals surface area contributed by atoms with Crippen LogP contribution in [0.4, 0.5) is 5.69 Å². The molecular weight excluding hydrogens is 248 g/mol. The normalized spacial score (nSPS) is 26.9. The van der Waals surface area contributed by atoms with Crippen LogP contribution >= 0.6 is 11.6 Å². The molecule has 1 heterocycles. The molecule has 2 unspecified atom stereocenters. The third-order valence-corrected chi connectivity index (χ3v) is 3.90. The minimum Gasteiger partial charge on any atom is -0.378 e. The van der Waals surface area contributed by atoms with Crippen LogP contribution in [-0.2, 0) is 4.74 Å². The van der Waals surface area contributed by atoms with Crippen LogP contribution < -0.4 is 5.32 Å². The van der Waals surface area contributed by atoms with Gasteiger partial charge in [-0.15, -0.1) is 0 Å². The molecule has 0 bridgehead atoms. The molecule has 3 nitrogen and oxygen atoms in total. The first-order chi connectivity index (χ1) is 8.78. The van der Waals surface area contributed by atoms with Crippen LogP contribution in [0.15, 0.2) is 18.2 Å². The van der Waals surface area contributed by atoms with Crippen LogP contribution in [0, 0.1) is 17.2 Å². The van der Waals surface area contributed by atoms with Crippen molar-refractivity contribution in [1.82, 2.24) is 0 Å². The summed E-state index contributed by atoms with van der Waals surface area (Å²) in [6, 6.07) is 7.83. The summed E-state index contributed by atoms with van der Waals surface area (Å²) < 4.78 is 5.79. The molecule has 94 valence electrons. The van der Waals surface area contributed by atoms with Crippen molar-refractivity contribution in [2.24, 2.45) is 5.92 Å². The standard InChI is InChI=1S/C14H15ClN2O/c15-11-4-3-10(8-16)13(7-11)17-12-5-6-18-14(12)9-1-2-9/h3-4,7,9,12,14,17H,1-2,5-6H2. The van der Waals surface area contributed by atoms with E-state index >= 15 is 0 Å². The van der Waals surface area contributed by atoms with Gasteiger partial charge in [-0.3, -0.25) is 0 Å². The van der Waals surface area contributed by atoms with E-state index in [4.69, 9.17) is 21.6 Å². The van der Waals surface area contributed by atoms with Crippen molar-refractivity contribution in [3.8, 4) is 6.07 Å². The van der Waals surface area contributed by atoms with Crippen LogP contribution in [-0.4, -0.2) is 18.8 Å². The molecule has 1 aliphatic carbocycles. The van der Waals surface area contributed by atoms with Gasteiger partial charge in [0, 0.05) is 11.6 Å². The average Bonchev–Trinajstić information content (AvgIpc) is 3.11. The molecule has 3 rings (SSSR count). The number of benzene rings is 1. The molecule has 1 N–H and O–H groups in total. The van der Waals surface area contributed by atoms with E-state index < -0.39 is 0 Å². The molecule has 1 aromatic rings. The summed E-state index contributed by atoms with van der Waals surface area (Å²) in [5, 5.41) is 13.2. The second kappa shape index (κ2) is 4.79. The summed E-state index contributed by atoms with van der Waals surface area (Å²) in [5.74, 6) is 0.703. The van der Waals surface area contributed by atoms with E-state index in [2.05, 4.69) is 11.4 Å². The predicted octanol–water partition coefficient (Wildman–Crippen LogP) is 3.19. The zero-order valence-electron chi connectivity index (χ0n) is 10.0. The van der Waals surface area contributed by atoms with Crippen molar-refractivity contribution in [2.45, 2.75) is 31.4 Å². The fraction of sp³-hybridized carbons (Fsp3) is 0.500. The van der Waals surface area contributed by atoms with Gasteiger partial charge in [-0.2, -0.15) is 5.26 Å². The number of nitriles is 1. The monoisotopic (exact) mass is 262 g/mol. The smallest absolute Gasteiger partial charge is 0.101 e. The van der Waals surface area contributed by atoms with E-state index in [-0.39, 0.29) is 0 Å². The van der Waals surface area contributed by atoms with E-state index in [1.807, 2.05) is 6.07 Å². The van der Waals surface area contributed by atoms with E-state index in [1.165, 1.54) is 12.8 Å². The Kier molecular flexibility index (Phi) is 3.15. The van der Waals surface area contributed by atoms with Crippen molar-refractivity contribution in [3.05, 3.63) is 28.8 Å². The Morgan fingerprint density at radius 2 is 2.17 bits per heavy atom. The number of hydrogen-bond acceptors (Lipinski definition) is 3. The molecule has 2 atom stereocenters. The lowest BCUT2D eigenvalue weighted by molar-refractivity contribution is 0.0898. The number of halogens is 1. The highest BCUT2D eigenvalue weighted by molar-refractivity contribution is 6.30. The van der Waals surface area contributed by atoms with Crippen LogP contribution in [0.3, 0.4) is 0 Å². The Balaban J connectivity index is 1.79. The first-order valence-corrected chi connectivity index (χ1v) is 6.73. The van der Waals surface area contributed by atoms with Crippen LogP contribution in [0.1, 0.15) is 24.8 Å². The second-order valence-electron chi connectivity index (χ2n) is 5.01. The van der Waals surface area contributed by atoms with Crippen LogP contribution in [0.2, 0.25) is 5.02 Å². The first-order valence-electron chi connectivity index (χ1n) is 6.36. The van der Waals surface area contributed by atoms with Crippen molar-refractivity contribution >= 4 is 17.3 Å². The van der Waals surface area contributed by atoms with E-state index in [1.54, 1.807) is 12.1 Å². The lowest BCUT2D eigenvalue weighted by Gasteiger charge is -2.21. The molecule has 0 spiro atoms. The van der Waals surface area contributed by atoms with Gasteiger partial charge in [0.1, 0.15) is 6.07 Å². The molecule has 2 fully saturated rings. The Hall–Kier alpha value is -1.24. The average molecular weight is 263 g/mol. The van der Waals surface area contributed by atoms with E-state index in [9.17, 15) is 0 Å². The molecule has 1 saturated carbocycles. The van der Waals surface area contributed by atoms with Gasteiger partial charge in [-0.1, -0.05) is 11.6 Å². The zero-order valence-corrected chi connectivity index (χ0v) is 10.8.